The van der Waals surface area contributed by atoms with Gasteiger partial charge in [0.25, 0.3) is 0 Å². The average Bonchev–Trinajstić information content (AvgIpc) is 2.66. The summed E-state index contributed by atoms with van der Waals surface area (Å²) in [4.78, 5) is 4.61. The minimum absolute atomic E-state index is 0.156. The fourth-order valence-electron chi connectivity index (χ4n) is 1.97. The predicted octanol–water partition coefficient (Wildman–Crippen LogP) is 3.85. The molecule has 0 radical (unpaired) electrons. The van der Waals surface area contributed by atoms with Crippen LogP contribution in [0.25, 0.3) is 5.65 Å². The van der Waals surface area contributed by atoms with E-state index in [0.717, 1.165) is 21.5 Å². The van der Waals surface area contributed by atoms with Crippen LogP contribution in [0.2, 0.25) is 0 Å². The van der Waals surface area contributed by atoms with Gasteiger partial charge in [0.15, 0.2) is 0 Å². The number of nitriles is 1. The molecule has 17 heavy (non-hydrogen) atoms. The van der Waals surface area contributed by atoms with E-state index < -0.39 is 0 Å². The van der Waals surface area contributed by atoms with Gasteiger partial charge in [0.1, 0.15) is 5.65 Å². The van der Waals surface area contributed by atoms with Gasteiger partial charge in [-0.15, -0.1) is 0 Å². The second kappa shape index (κ2) is 4.50. The molecule has 4 heteroatoms. The maximum Gasteiger partial charge on any atom is 0.137 e. The van der Waals surface area contributed by atoms with Gasteiger partial charge >= 0.3 is 0 Å². The van der Waals surface area contributed by atoms with Gasteiger partial charge in [0.05, 0.1) is 23.4 Å². The maximum absolute atomic E-state index is 9.14. The number of hydrogen-bond acceptors (Lipinski definition) is 2. The molecule has 2 rings (SSSR count). The Morgan fingerprint density at radius 1 is 1.35 bits per heavy atom. The summed E-state index contributed by atoms with van der Waals surface area (Å²) in [5.41, 5.74) is 2.91. The molecule has 1 unspecified atom stereocenters. The van der Waals surface area contributed by atoms with Crippen molar-refractivity contribution in [3.63, 3.8) is 0 Å². The molecule has 2 aromatic rings. The third-order valence-electron chi connectivity index (χ3n) is 2.80. The molecule has 0 saturated carbocycles. The number of fused-ring (bicyclic) bond motifs is 1. The Hall–Kier alpha value is -1.34. The van der Waals surface area contributed by atoms with E-state index in [0.29, 0.717) is 5.92 Å². The first-order valence-corrected chi connectivity index (χ1v) is 6.41. The van der Waals surface area contributed by atoms with Crippen LogP contribution >= 0.6 is 15.9 Å². The number of imidazole rings is 1. The molecule has 0 aromatic carbocycles. The van der Waals surface area contributed by atoms with Gasteiger partial charge in [-0.25, -0.2) is 4.98 Å². The van der Waals surface area contributed by atoms with Gasteiger partial charge in [-0.1, -0.05) is 13.8 Å². The highest BCUT2D eigenvalue weighted by Gasteiger charge is 2.19. The normalized spacial score (nSPS) is 12.9. The molecule has 0 aliphatic heterocycles. The van der Waals surface area contributed by atoms with Crippen LogP contribution in [0.4, 0.5) is 0 Å². The first-order chi connectivity index (χ1) is 8.04. The lowest BCUT2D eigenvalue weighted by molar-refractivity contribution is 0.783. The Bertz CT molecular complexity index is 592. The van der Waals surface area contributed by atoms with Crippen molar-refractivity contribution in [1.82, 2.24) is 9.38 Å². The molecule has 0 N–H and O–H groups in total. The van der Waals surface area contributed by atoms with Crippen molar-refractivity contribution in [2.24, 2.45) is 0 Å². The quantitative estimate of drug-likeness (QED) is 0.843. The van der Waals surface area contributed by atoms with E-state index in [1.165, 1.54) is 0 Å². The van der Waals surface area contributed by atoms with E-state index in [1.54, 1.807) is 0 Å². The lowest BCUT2D eigenvalue weighted by Gasteiger charge is -2.08. The summed E-state index contributed by atoms with van der Waals surface area (Å²) in [5, 5.41) is 9.14. The summed E-state index contributed by atoms with van der Waals surface area (Å²) in [6.07, 6.45) is 1.97. The van der Waals surface area contributed by atoms with Crippen LogP contribution in [0, 0.1) is 11.3 Å². The molecule has 88 valence electrons. The summed E-state index contributed by atoms with van der Waals surface area (Å²) in [5.74, 6) is 0.163. The number of hydrogen-bond donors (Lipinski definition) is 0. The van der Waals surface area contributed by atoms with Crippen molar-refractivity contribution in [3.8, 4) is 6.07 Å². The zero-order chi connectivity index (χ0) is 12.6. The van der Waals surface area contributed by atoms with Crippen LogP contribution < -0.4 is 0 Å². The van der Waals surface area contributed by atoms with Crippen molar-refractivity contribution >= 4 is 21.6 Å². The monoisotopic (exact) mass is 291 g/mol. The van der Waals surface area contributed by atoms with Crippen LogP contribution in [0.15, 0.2) is 22.8 Å². The molecule has 2 heterocycles. The SMILES string of the molecule is CC(C)c1nc2ccc(Br)cn2c1C(C)C#N. The zero-order valence-electron chi connectivity index (χ0n) is 10.1. The van der Waals surface area contributed by atoms with Crippen molar-refractivity contribution in [2.75, 3.05) is 0 Å². The van der Waals surface area contributed by atoms with Crippen LogP contribution in [-0.2, 0) is 0 Å². The smallest absolute Gasteiger partial charge is 0.137 e. The summed E-state index contributed by atoms with van der Waals surface area (Å²) in [6.45, 7) is 6.12. The molecule has 2 aromatic heterocycles. The summed E-state index contributed by atoms with van der Waals surface area (Å²) in [7, 11) is 0. The zero-order valence-corrected chi connectivity index (χ0v) is 11.7. The molecular weight excluding hydrogens is 278 g/mol. The minimum atomic E-state index is -0.156. The number of halogens is 1. The number of pyridine rings is 1. The van der Waals surface area contributed by atoms with Gasteiger partial charge in [-0.05, 0) is 40.9 Å². The van der Waals surface area contributed by atoms with E-state index in [-0.39, 0.29) is 5.92 Å². The fourth-order valence-corrected chi connectivity index (χ4v) is 2.31. The lowest BCUT2D eigenvalue weighted by atomic mass is 10.0. The second-order valence-electron chi connectivity index (χ2n) is 4.46. The predicted molar refractivity (Wildman–Crippen MR) is 71.0 cm³/mol. The van der Waals surface area contributed by atoms with Crippen LogP contribution in [0.3, 0.4) is 0 Å². The van der Waals surface area contributed by atoms with Gasteiger partial charge in [-0.2, -0.15) is 5.26 Å². The standard InChI is InChI=1S/C13H14BrN3/c1-8(2)12-13(9(3)6-15)17-7-10(14)4-5-11(17)16-12/h4-5,7-9H,1-3H3. The Balaban J connectivity index is 2.78. The van der Waals surface area contributed by atoms with Crippen LogP contribution in [0.5, 0.6) is 0 Å². The van der Waals surface area contributed by atoms with Gasteiger partial charge in [0, 0.05) is 10.7 Å². The number of nitrogens with zero attached hydrogens (tertiary/aromatic N) is 3. The van der Waals surface area contributed by atoms with Crippen molar-refractivity contribution in [1.29, 1.82) is 5.26 Å². The van der Waals surface area contributed by atoms with Crippen LogP contribution in [-0.4, -0.2) is 9.38 Å². The van der Waals surface area contributed by atoms with Crippen molar-refractivity contribution < 1.29 is 0 Å². The Kier molecular flexibility index (Phi) is 3.21. The lowest BCUT2D eigenvalue weighted by Crippen LogP contribution is -2.01. The number of aromatic nitrogens is 2. The molecular formula is C13H14BrN3. The first-order valence-electron chi connectivity index (χ1n) is 5.61. The van der Waals surface area contributed by atoms with E-state index in [9.17, 15) is 0 Å². The molecule has 0 bridgehead atoms. The Morgan fingerprint density at radius 2 is 2.06 bits per heavy atom. The highest BCUT2D eigenvalue weighted by atomic mass is 79.9. The van der Waals surface area contributed by atoms with Gasteiger partial charge in [0.2, 0.25) is 0 Å². The molecule has 0 spiro atoms. The van der Waals surface area contributed by atoms with E-state index in [4.69, 9.17) is 5.26 Å². The van der Waals surface area contributed by atoms with Crippen molar-refractivity contribution in [2.45, 2.75) is 32.6 Å². The summed E-state index contributed by atoms with van der Waals surface area (Å²) < 4.78 is 3.00. The molecule has 0 saturated heterocycles. The van der Waals surface area contributed by atoms with Crippen LogP contribution in [0.1, 0.15) is 44.0 Å². The highest BCUT2D eigenvalue weighted by molar-refractivity contribution is 9.10. The Labute approximate surface area is 109 Å². The minimum Gasteiger partial charge on any atom is -0.301 e. The molecule has 0 amide bonds. The third kappa shape index (κ3) is 2.07. The fraction of sp³-hybridized carbons (Fsp3) is 0.385. The topological polar surface area (TPSA) is 41.1 Å². The molecule has 0 aliphatic carbocycles. The average molecular weight is 292 g/mol. The van der Waals surface area contributed by atoms with E-state index >= 15 is 0 Å². The number of rotatable bonds is 2. The van der Waals surface area contributed by atoms with Gasteiger partial charge < -0.3 is 4.40 Å². The largest absolute Gasteiger partial charge is 0.301 e. The van der Waals surface area contributed by atoms with Crippen molar-refractivity contribution in [3.05, 3.63) is 34.2 Å². The molecule has 0 fully saturated rings. The molecule has 0 aliphatic rings. The van der Waals surface area contributed by atoms with E-state index in [2.05, 4.69) is 40.8 Å². The van der Waals surface area contributed by atoms with Gasteiger partial charge in [-0.3, -0.25) is 0 Å². The third-order valence-corrected chi connectivity index (χ3v) is 3.27. The molecule has 1 atom stereocenters. The highest BCUT2D eigenvalue weighted by Crippen LogP contribution is 2.27. The first kappa shape index (κ1) is 12.1. The maximum atomic E-state index is 9.14. The second-order valence-corrected chi connectivity index (χ2v) is 5.38. The molecule has 3 nitrogen and oxygen atoms in total. The Morgan fingerprint density at radius 3 is 2.65 bits per heavy atom. The summed E-state index contributed by atoms with van der Waals surface area (Å²) in [6, 6.07) is 6.23. The summed E-state index contributed by atoms with van der Waals surface area (Å²) >= 11 is 3.45. The van der Waals surface area contributed by atoms with E-state index in [1.807, 2.05) is 29.7 Å².